The fourth-order valence-corrected chi connectivity index (χ4v) is 4.34. The van der Waals surface area contributed by atoms with Crippen molar-refractivity contribution in [3.63, 3.8) is 0 Å². The largest absolute Gasteiger partial charge is 0.494 e. The average molecular weight is 392 g/mol. The van der Waals surface area contributed by atoms with Gasteiger partial charge in [-0.3, -0.25) is 4.79 Å². The Morgan fingerprint density at radius 3 is 2.85 bits per heavy atom. The van der Waals surface area contributed by atoms with Gasteiger partial charge in [0.15, 0.2) is 5.13 Å². The standard InChI is InChI=1S/C20H29N3O3S/c1-3-25-13-5-10-21-19(24)15-8-11-23(12-9-15)20-22-17-7-6-16(26-4-2)14-18(17)27-20/h6-7,14-15H,3-5,8-13H2,1-2H3,(H,21,24). The number of carbonyl (C=O) groups is 1. The third kappa shape index (κ3) is 5.32. The molecule has 2 aromatic rings. The third-order valence-electron chi connectivity index (χ3n) is 4.76. The molecule has 27 heavy (non-hydrogen) atoms. The maximum atomic E-state index is 12.3. The zero-order valence-corrected chi connectivity index (χ0v) is 17.0. The lowest BCUT2D eigenvalue weighted by molar-refractivity contribution is -0.125. The van der Waals surface area contributed by atoms with Crippen LogP contribution in [0.25, 0.3) is 10.2 Å². The summed E-state index contributed by atoms with van der Waals surface area (Å²) in [5.74, 6) is 1.17. The van der Waals surface area contributed by atoms with Crippen LogP contribution in [0, 0.1) is 5.92 Å². The first kappa shape index (κ1) is 19.9. The Kier molecular flexibility index (Phi) is 7.29. The number of anilines is 1. The van der Waals surface area contributed by atoms with Crippen LogP contribution in [0.1, 0.15) is 33.1 Å². The number of nitrogens with zero attached hydrogens (tertiary/aromatic N) is 2. The summed E-state index contributed by atoms with van der Waals surface area (Å²) in [6.07, 6.45) is 2.61. The minimum atomic E-state index is 0.104. The number of aromatic nitrogens is 1. The summed E-state index contributed by atoms with van der Waals surface area (Å²) in [4.78, 5) is 19.4. The molecule has 6 nitrogen and oxygen atoms in total. The Morgan fingerprint density at radius 2 is 2.11 bits per heavy atom. The van der Waals surface area contributed by atoms with Gasteiger partial charge < -0.3 is 19.7 Å². The van der Waals surface area contributed by atoms with E-state index in [0.717, 1.165) is 60.1 Å². The van der Waals surface area contributed by atoms with Crippen molar-refractivity contribution in [3.05, 3.63) is 18.2 Å². The van der Waals surface area contributed by atoms with Crippen LogP contribution in [-0.4, -0.2) is 50.3 Å². The van der Waals surface area contributed by atoms with Crippen LogP contribution in [0.5, 0.6) is 5.75 Å². The molecule has 148 valence electrons. The van der Waals surface area contributed by atoms with E-state index < -0.39 is 0 Å². The molecule has 7 heteroatoms. The first-order chi connectivity index (χ1) is 13.2. The molecule has 2 heterocycles. The van der Waals surface area contributed by atoms with Crippen molar-refractivity contribution in [3.8, 4) is 5.75 Å². The van der Waals surface area contributed by atoms with E-state index in [1.165, 1.54) is 0 Å². The third-order valence-corrected chi connectivity index (χ3v) is 5.84. The highest BCUT2D eigenvalue weighted by atomic mass is 32.1. The van der Waals surface area contributed by atoms with E-state index in [1.807, 2.05) is 26.0 Å². The SMILES string of the molecule is CCOCCCNC(=O)C1CCN(c2nc3ccc(OCC)cc3s2)CC1. The summed E-state index contributed by atoms with van der Waals surface area (Å²) < 4.78 is 12.0. The lowest BCUT2D eigenvalue weighted by Gasteiger charge is -2.31. The minimum absolute atomic E-state index is 0.104. The van der Waals surface area contributed by atoms with E-state index >= 15 is 0 Å². The smallest absolute Gasteiger partial charge is 0.223 e. The molecule has 1 aromatic heterocycles. The summed E-state index contributed by atoms with van der Waals surface area (Å²) >= 11 is 1.70. The topological polar surface area (TPSA) is 63.7 Å². The van der Waals surface area contributed by atoms with Gasteiger partial charge in [0, 0.05) is 38.8 Å². The van der Waals surface area contributed by atoms with E-state index in [0.29, 0.717) is 19.8 Å². The second-order valence-corrected chi connectivity index (χ2v) is 7.67. The van der Waals surface area contributed by atoms with Crippen LogP contribution in [0.4, 0.5) is 5.13 Å². The van der Waals surface area contributed by atoms with Gasteiger partial charge in [0.25, 0.3) is 0 Å². The number of hydrogen-bond donors (Lipinski definition) is 1. The van der Waals surface area contributed by atoms with Gasteiger partial charge in [0.05, 0.1) is 16.8 Å². The van der Waals surface area contributed by atoms with Crippen molar-refractivity contribution in [2.75, 3.05) is 44.4 Å². The molecular weight excluding hydrogens is 362 g/mol. The number of carbonyl (C=O) groups excluding carboxylic acids is 1. The molecule has 0 saturated carbocycles. The molecule has 0 atom stereocenters. The van der Waals surface area contributed by atoms with E-state index in [4.69, 9.17) is 14.5 Å². The van der Waals surface area contributed by atoms with Crippen LogP contribution < -0.4 is 15.0 Å². The lowest BCUT2D eigenvalue weighted by Crippen LogP contribution is -2.40. The Labute approximate surface area is 164 Å². The summed E-state index contributed by atoms with van der Waals surface area (Å²) in [6.45, 7) is 8.50. The summed E-state index contributed by atoms with van der Waals surface area (Å²) in [5.41, 5.74) is 1.01. The number of ether oxygens (including phenoxy) is 2. The normalized spacial score (nSPS) is 15.3. The van der Waals surface area contributed by atoms with Gasteiger partial charge in [-0.2, -0.15) is 0 Å². The predicted molar refractivity (Wildman–Crippen MR) is 110 cm³/mol. The van der Waals surface area contributed by atoms with Crippen molar-refractivity contribution in [2.45, 2.75) is 33.1 Å². The molecule has 1 saturated heterocycles. The number of nitrogens with one attached hydrogen (secondary N) is 1. The van der Waals surface area contributed by atoms with Crippen molar-refractivity contribution in [1.29, 1.82) is 0 Å². The van der Waals surface area contributed by atoms with Crippen molar-refractivity contribution in [1.82, 2.24) is 10.3 Å². The summed E-state index contributed by atoms with van der Waals surface area (Å²) in [7, 11) is 0. The molecule has 1 aliphatic rings. The molecule has 0 unspecified atom stereocenters. The van der Waals surface area contributed by atoms with E-state index in [-0.39, 0.29) is 11.8 Å². The maximum absolute atomic E-state index is 12.3. The van der Waals surface area contributed by atoms with Gasteiger partial charge in [-0.15, -0.1) is 0 Å². The highest BCUT2D eigenvalue weighted by Gasteiger charge is 2.26. The second kappa shape index (κ2) is 9.90. The highest BCUT2D eigenvalue weighted by Crippen LogP contribution is 2.33. The van der Waals surface area contributed by atoms with Crippen molar-refractivity contribution in [2.24, 2.45) is 5.92 Å². The summed E-state index contributed by atoms with van der Waals surface area (Å²) in [6, 6.07) is 6.04. The Hall–Kier alpha value is -1.86. The second-order valence-electron chi connectivity index (χ2n) is 6.66. The first-order valence-electron chi connectivity index (χ1n) is 9.85. The Bertz CT molecular complexity index is 741. The Morgan fingerprint density at radius 1 is 1.30 bits per heavy atom. The van der Waals surface area contributed by atoms with E-state index in [1.54, 1.807) is 11.3 Å². The molecule has 0 radical (unpaired) electrons. The van der Waals surface area contributed by atoms with Gasteiger partial charge in [0.2, 0.25) is 5.91 Å². The molecule has 1 fully saturated rings. The fraction of sp³-hybridized carbons (Fsp3) is 0.600. The molecular formula is C20H29N3O3S. The number of thiazole rings is 1. The van der Waals surface area contributed by atoms with Crippen LogP contribution >= 0.6 is 11.3 Å². The van der Waals surface area contributed by atoms with Crippen LogP contribution in [0.3, 0.4) is 0 Å². The number of rotatable bonds is 9. The van der Waals surface area contributed by atoms with Crippen LogP contribution in [0.2, 0.25) is 0 Å². The molecule has 1 N–H and O–H groups in total. The molecule has 1 aliphatic heterocycles. The first-order valence-corrected chi connectivity index (χ1v) is 10.7. The van der Waals surface area contributed by atoms with Gasteiger partial charge >= 0.3 is 0 Å². The quantitative estimate of drug-likeness (QED) is 0.663. The molecule has 0 bridgehead atoms. The molecule has 3 rings (SSSR count). The van der Waals surface area contributed by atoms with Gasteiger partial charge in [-0.05, 0) is 51.3 Å². The zero-order valence-electron chi connectivity index (χ0n) is 16.2. The molecule has 0 spiro atoms. The van der Waals surface area contributed by atoms with Gasteiger partial charge in [0.1, 0.15) is 5.75 Å². The van der Waals surface area contributed by atoms with Crippen LogP contribution in [0.15, 0.2) is 18.2 Å². The zero-order chi connectivity index (χ0) is 19.1. The number of fused-ring (bicyclic) bond motifs is 1. The average Bonchev–Trinajstić information content (AvgIpc) is 3.11. The van der Waals surface area contributed by atoms with Crippen molar-refractivity contribution >= 4 is 32.6 Å². The molecule has 0 aliphatic carbocycles. The van der Waals surface area contributed by atoms with Gasteiger partial charge in [-0.25, -0.2) is 4.98 Å². The van der Waals surface area contributed by atoms with E-state index in [2.05, 4.69) is 16.3 Å². The number of piperidine rings is 1. The highest BCUT2D eigenvalue weighted by molar-refractivity contribution is 7.22. The number of amides is 1. The monoisotopic (exact) mass is 391 g/mol. The molecule has 1 amide bonds. The molecule has 1 aromatic carbocycles. The maximum Gasteiger partial charge on any atom is 0.223 e. The minimum Gasteiger partial charge on any atom is -0.494 e. The fourth-order valence-electron chi connectivity index (χ4n) is 3.29. The lowest BCUT2D eigenvalue weighted by atomic mass is 9.96. The van der Waals surface area contributed by atoms with Gasteiger partial charge in [-0.1, -0.05) is 11.3 Å². The Balaban J connectivity index is 1.50. The summed E-state index contributed by atoms with van der Waals surface area (Å²) in [5, 5.41) is 4.08. The van der Waals surface area contributed by atoms with Crippen LogP contribution in [-0.2, 0) is 9.53 Å². The number of hydrogen-bond acceptors (Lipinski definition) is 6. The van der Waals surface area contributed by atoms with Crippen molar-refractivity contribution < 1.29 is 14.3 Å². The number of benzene rings is 1. The predicted octanol–water partition coefficient (Wildman–Crippen LogP) is 3.45. The van der Waals surface area contributed by atoms with E-state index in [9.17, 15) is 4.79 Å².